The zero-order valence-electron chi connectivity index (χ0n) is 18.5. The highest BCUT2D eigenvalue weighted by Gasteiger charge is 2.22. The monoisotopic (exact) mass is 341 g/mol. The fourth-order valence-electron chi connectivity index (χ4n) is 2.78. The third-order valence-corrected chi connectivity index (χ3v) is 6.22. The molecule has 1 aromatic heterocycles. The predicted molar refractivity (Wildman–Crippen MR) is 110 cm³/mol. The van der Waals surface area contributed by atoms with Crippen molar-refractivity contribution in [2.75, 3.05) is 0 Å². The predicted octanol–water partition coefficient (Wildman–Crippen LogP) is 5.79. The molecule has 0 atom stereocenters. The van der Waals surface area contributed by atoms with Gasteiger partial charge in [0.2, 0.25) is 0 Å². The molecule has 1 nitrogen and oxygen atoms in total. The largest absolute Gasteiger partial charge is 0.256 e. The highest BCUT2D eigenvalue weighted by atomic mass is 28.3. The SMILES string of the molecule is [2H]C([2H])(c1cc(-c2ccc(C(C)(C)C)cc2)ncc1[Si](C)(C)C)C(C)C. The van der Waals surface area contributed by atoms with Crippen molar-refractivity contribution < 1.29 is 2.74 Å². The Bertz CT molecular complexity index is 766. The Morgan fingerprint density at radius 3 is 2.12 bits per heavy atom. The molecule has 0 aliphatic carbocycles. The average Bonchev–Trinajstić information content (AvgIpc) is 2.52. The van der Waals surface area contributed by atoms with Gasteiger partial charge in [-0.05, 0) is 40.1 Å². The molecular formula is C22H33NSi. The summed E-state index contributed by atoms with van der Waals surface area (Å²) in [5, 5.41) is 1.12. The fourth-order valence-corrected chi connectivity index (χ4v) is 4.19. The van der Waals surface area contributed by atoms with E-state index in [0.717, 1.165) is 22.0 Å². The van der Waals surface area contributed by atoms with Gasteiger partial charge >= 0.3 is 0 Å². The Labute approximate surface area is 152 Å². The van der Waals surface area contributed by atoms with Crippen molar-refractivity contribution in [1.82, 2.24) is 4.98 Å². The Morgan fingerprint density at radius 2 is 1.67 bits per heavy atom. The van der Waals surface area contributed by atoms with Crippen LogP contribution in [0.3, 0.4) is 0 Å². The molecule has 24 heavy (non-hydrogen) atoms. The van der Waals surface area contributed by atoms with Gasteiger partial charge in [-0.3, -0.25) is 4.98 Å². The van der Waals surface area contributed by atoms with E-state index >= 15 is 0 Å². The number of nitrogens with zero attached hydrogens (tertiary/aromatic N) is 1. The van der Waals surface area contributed by atoms with Crippen molar-refractivity contribution in [3.63, 3.8) is 0 Å². The van der Waals surface area contributed by atoms with Crippen molar-refractivity contribution in [2.24, 2.45) is 5.92 Å². The topological polar surface area (TPSA) is 12.9 Å². The molecule has 0 aliphatic rings. The van der Waals surface area contributed by atoms with Gasteiger partial charge in [0.05, 0.1) is 13.8 Å². The quantitative estimate of drug-likeness (QED) is 0.641. The highest BCUT2D eigenvalue weighted by Crippen LogP contribution is 2.26. The summed E-state index contributed by atoms with van der Waals surface area (Å²) >= 11 is 0. The van der Waals surface area contributed by atoms with Crippen molar-refractivity contribution in [3.8, 4) is 11.3 Å². The van der Waals surface area contributed by atoms with Crippen LogP contribution < -0.4 is 5.19 Å². The molecule has 2 aromatic rings. The van der Waals surface area contributed by atoms with Crippen LogP contribution in [0.15, 0.2) is 36.5 Å². The minimum atomic E-state index is -1.69. The molecule has 0 fully saturated rings. The molecule has 0 radical (unpaired) electrons. The van der Waals surface area contributed by atoms with Crippen LogP contribution in [-0.2, 0) is 11.8 Å². The summed E-state index contributed by atoms with van der Waals surface area (Å²) in [5.74, 6) is -0.0869. The lowest BCUT2D eigenvalue weighted by atomic mass is 9.86. The number of pyridine rings is 1. The molecule has 0 amide bonds. The van der Waals surface area contributed by atoms with Gasteiger partial charge in [0.15, 0.2) is 0 Å². The molecule has 0 saturated heterocycles. The lowest BCUT2D eigenvalue weighted by Crippen LogP contribution is -2.40. The third-order valence-electron chi connectivity index (χ3n) is 4.20. The van der Waals surface area contributed by atoms with Crippen LogP contribution >= 0.6 is 0 Å². The Morgan fingerprint density at radius 1 is 1.08 bits per heavy atom. The second kappa shape index (κ2) is 6.83. The molecule has 0 bridgehead atoms. The normalized spacial score (nSPS) is 14.5. The maximum Gasteiger partial charge on any atom is 0.0799 e. The van der Waals surface area contributed by atoms with Crippen LogP contribution in [0.2, 0.25) is 19.6 Å². The Balaban J connectivity index is 2.59. The van der Waals surface area contributed by atoms with Crippen LogP contribution in [-0.4, -0.2) is 13.1 Å². The fraction of sp³-hybridized carbons (Fsp3) is 0.500. The van der Waals surface area contributed by atoms with E-state index in [-0.39, 0.29) is 11.3 Å². The minimum Gasteiger partial charge on any atom is -0.256 e. The summed E-state index contributed by atoms with van der Waals surface area (Å²) in [6.45, 7) is 17.3. The van der Waals surface area contributed by atoms with Crippen LogP contribution in [0.4, 0.5) is 0 Å². The Hall–Kier alpha value is -1.41. The summed E-state index contributed by atoms with van der Waals surface area (Å²) in [5.41, 5.74) is 4.12. The van der Waals surface area contributed by atoms with Crippen molar-refractivity contribution in [1.29, 1.82) is 0 Å². The van der Waals surface area contributed by atoms with E-state index in [0.29, 0.717) is 0 Å². The first-order valence-corrected chi connectivity index (χ1v) is 12.4. The van der Waals surface area contributed by atoms with E-state index in [1.807, 2.05) is 26.1 Å². The van der Waals surface area contributed by atoms with Gasteiger partial charge in [0.1, 0.15) is 0 Å². The minimum absolute atomic E-state index is 0.0869. The molecule has 0 saturated carbocycles. The maximum absolute atomic E-state index is 8.68. The van der Waals surface area contributed by atoms with Gasteiger partial charge < -0.3 is 0 Å². The average molecular weight is 342 g/mol. The van der Waals surface area contributed by atoms with Crippen molar-refractivity contribution in [3.05, 3.63) is 47.7 Å². The first-order valence-electron chi connectivity index (χ1n) is 9.86. The van der Waals surface area contributed by atoms with Crippen LogP contribution in [0.1, 0.15) is 48.5 Å². The molecule has 0 aliphatic heterocycles. The summed E-state index contributed by atoms with van der Waals surface area (Å²) in [6.07, 6.45) is 0.563. The summed E-state index contributed by atoms with van der Waals surface area (Å²) in [7, 11) is -1.69. The van der Waals surface area contributed by atoms with Crippen LogP contribution in [0.25, 0.3) is 11.3 Å². The number of aromatic nitrogens is 1. The van der Waals surface area contributed by atoms with Crippen molar-refractivity contribution in [2.45, 2.75) is 66.0 Å². The molecular weight excluding hydrogens is 306 g/mol. The smallest absolute Gasteiger partial charge is 0.0799 e. The second-order valence-electron chi connectivity index (χ2n) is 8.99. The first-order chi connectivity index (χ1) is 11.7. The lowest BCUT2D eigenvalue weighted by Gasteiger charge is -2.23. The second-order valence-corrected chi connectivity index (χ2v) is 14.0. The number of rotatable bonds is 4. The van der Waals surface area contributed by atoms with E-state index in [1.165, 1.54) is 5.56 Å². The molecule has 130 valence electrons. The zero-order chi connectivity index (χ0) is 19.9. The molecule has 1 heterocycles. The number of hydrogen-bond donors (Lipinski definition) is 0. The van der Waals surface area contributed by atoms with Gasteiger partial charge in [-0.1, -0.05) is 78.5 Å². The number of hydrogen-bond acceptors (Lipinski definition) is 1. The van der Waals surface area contributed by atoms with E-state index in [1.54, 1.807) is 0 Å². The number of benzene rings is 1. The van der Waals surface area contributed by atoms with E-state index in [9.17, 15) is 0 Å². The molecule has 0 N–H and O–H groups in total. The van der Waals surface area contributed by atoms with Gasteiger partial charge in [-0.25, -0.2) is 0 Å². The molecule has 2 rings (SSSR count). The van der Waals surface area contributed by atoms with Crippen molar-refractivity contribution >= 4 is 13.3 Å². The zero-order valence-corrected chi connectivity index (χ0v) is 17.5. The van der Waals surface area contributed by atoms with Gasteiger partial charge in [0, 0.05) is 14.5 Å². The van der Waals surface area contributed by atoms with Gasteiger partial charge in [-0.15, -0.1) is 0 Å². The lowest BCUT2D eigenvalue weighted by molar-refractivity contribution is 0.590. The molecule has 2 heteroatoms. The highest BCUT2D eigenvalue weighted by molar-refractivity contribution is 6.89. The summed E-state index contributed by atoms with van der Waals surface area (Å²) < 4.78 is 17.4. The van der Waals surface area contributed by atoms with Crippen LogP contribution in [0, 0.1) is 5.92 Å². The van der Waals surface area contributed by atoms with Gasteiger partial charge in [-0.2, -0.15) is 0 Å². The van der Waals surface area contributed by atoms with E-state index < -0.39 is 14.4 Å². The third kappa shape index (κ3) is 4.57. The standard InChI is InChI=1S/C22H33NSi/c1-16(2)13-18-14-20(23-15-21(18)24(6,7)8)17-9-11-19(12-10-17)22(3,4)5/h9-12,14-16H,13H2,1-8H3/i13D2. The van der Waals surface area contributed by atoms with Crippen LogP contribution in [0.5, 0.6) is 0 Å². The maximum atomic E-state index is 8.68. The van der Waals surface area contributed by atoms with E-state index in [4.69, 9.17) is 7.73 Å². The molecule has 0 unspecified atom stereocenters. The first kappa shape index (κ1) is 16.1. The van der Waals surface area contributed by atoms with E-state index in [2.05, 4.69) is 64.7 Å². The summed E-state index contributed by atoms with van der Waals surface area (Å²) in [6, 6.07) is 10.5. The Kier molecular flexibility index (Phi) is 4.58. The molecule has 0 spiro atoms. The van der Waals surface area contributed by atoms with Gasteiger partial charge in [0.25, 0.3) is 0 Å². The summed E-state index contributed by atoms with van der Waals surface area (Å²) in [4.78, 5) is 4.71. The molecule has 1 aromatic carbocycles.